The van der Waals surface area contributed by atoms with Gasteiger partial charge in [0.1, 0.15) is 0 Å². The van der Waals surface area contributed by atoms with Crippen LogP contribution in [0.15, 0.2) is 84.9 Å². The van der Waals surface area contributed by atoms with Crippen LogP contribution in [0.1, 0.15) is 46.2 Å². The van der Waals surface area contributed by atoms with E-state index in [2.05, 4.69) is 65.6 Å². The topological polar surface area (TPSA) is 23.6 Å². The van der Waals surface area contributed by atoms with Crippen molar-refractivity contribution >= 4 is 17.5 Å². The van der Waals surface area contributed by atoms with E-state index in [4.69, 9.17) is 11.6 Å². The van der Waals surface area contributed by atoms with Crippen molar-refractivity contribution in [1.82, 2.24) is 9.80 Å². The van der Waals surface area contributed by atoms with E-state index in [-0.39, 0.29) is 5.91 Å². The number of rotatable bonds is 5. The van der Waals surface area contributed by atoms with E-state index in [1.165, 1.54) is 24.0 Å². The van der Waals surface area contributed by atoms with Gasteiger partial charge in [-0.25, -0.2) is 0 Å². The first-order valence-electron chi connectivity index (χ1n) is 12.0. The molecule has 2 atom stereocenters. The van der Waals surface area contributed by atoms with Crippen molar-refractivity contribution in [2.24, 2.45) is 5.92 Å². The molecule has 2 fully saturated rings. The van der Waals surface area contributed by atoms with Gasteiger partial charge in [0.05, 0.1) is 0 Å². The second kappa shape index (κ2) is 10.1. The summed E-state index contributed by atoms with van der Waals surface area (Å²) < 4.78 is 0. The Labute approximate surface area is 202 Å². The van der Waals surface area contributed by atoms with Gasteiger partial charge in [-0.05, 0) is 73.2 Å². The molecule has 1 amide bonds. The first-order chi connectivity index (χ1) is 16.2. The highest BCUT2D eigenvalue weighted by Crippen LogP contribution is 2.36. The molecule has 3 aromatic rings. The summed E-state index contributed by atoms with van der Waals surface area (Å²) in [6.45, 7) is 4.88. The lowest BCUT2D eigenvalue weighted by Crippen LogP contribution is -2.38. The normalized spacial score (nSPS) is 21.9. The zero-order valence-electron chi connectivity index (χ0n) is 18.9. The summed E-state index contributed by atoms with van der Waals surface area (Å²) in [6, 6.07) is 28.9. The van der Waals surface area contributed by atoms with Crippen LogP contribution in [-0.4, -0.2) is 48.4 Å². The van der Waals surface area contributed by atoms with Crippen molar-refractivity contribution in [2.45, 2.75) is 24.7 Å². The second-order valence-electron chi connectivity index (χ2n) is 9.48. The van der Waals surface area contributed by atoms with Crippen molar-refractivity contribution in [1.29, 1.82) is 0 Å². The van der Waals surface area contributed by atoms with Gasteiger partial charge in [0.2, 0.25) is 0 Å². The molecule has 0 aromatic heterocycles. The smallest absolute Gasteiger partial charge is 0.253 e. The number of nitrogens with zero attached hydrogens (tertiary/aromatic N) is 2. The van der Waals surface area contributed by atoms with Gasteiger partial charge in [0.15, 0.2) is 0 Å². The zero-order chi connectivity index (χ0) is 22.6. The maximum atomic E-state index is 13.2. The lowest BCUT2D eigenvalue weighted by Gasteiger charge is -2.34. The summed E-state index contributed by atoms with van der Waals surface area (Å²) >= 11 is 6.03. The Morgan fingerprint density at radius 2 is 1.39 bits per heavy atom. The highest BCUT2D eigenvalue weighted by molar-refractivity contribution is 6.30. The predicted octanol–water partition coefficient (Wildman–Crippen LogP) is 6.08. The Morgan fingerprint density at radius 1 is 0.788 bits per heavy atom. The SMILES string of the molecule is O=C(c1ccc(Cl)cc1)N1CC(CN2CCC(c3ccccc3)CC2)[C@@H](c2ccccc2)C1. The molecule has 3 aromatic carbocycles. The molecular formula is C29H31ClN2O. The number of amides is 1. The molecular weight excluding hydrogens is 428 g/mol. The number of halogens is 1. The maximum absolute atomic E-state index is 13.2. The average molecular weight is 459 g/mol. The molecule has 0 spiro atoms. The monoisotopic (exact) mass is 458 g/mol. The number of benzene rings is 3. The highest BCUT2D eigenvalue weighted by Gasteiger charge is 2.37. The molecule has 1 unspecified atom stereocenters. The summed E-state index contributed by atoms with van der Waals surface area (Å²) in [4.78, 5) is 17.9. The van der Waals surface area contributed by atoms with Crippen molar-refractivity contribution < 1.29 is 4.79 Å². The average Bonchev–Trinajstić information content (AvgIpc) is 3.29. The van der Waals surface area contributed by atoms with Gasteiger partial charge >= 0.3 is 0 Å². The number of carbonyl (C=O) groups excluding carboxylic acids is 1. The van der Waals surface area contributed by atoms with E-state index < -0.39 is 0 Å². The Balaban J connectivity index is 1.27. The molecule has 0 saturated carbocycles. The summed E-state index contributed by atoms with van der Waals surface area (Å²) in [5, 5.41) is 0.659. The van der Waals surface area contributed by atoms with E-state index in [0.717, 1.165) is 38.3 Å². The molecule has 2 heterocycles. The van der Waals surface area contributed by atoms with E-state index in [1.54, 1.807) is 12.1 Å². The van der Waals surface area contributed by atoms with Gasteiger partial charge < -0.3 is 9.80 Å². The molecule has 3 nitrogen and oxygen atoms in total. The fraction of sp³-hybridized carbons (Fsp3) is 0.345. The Bertz CT molecular complexity index is 1050. The zero-order valence-corrected chi connectivity index (χ0v) is 19.7. The quantitative estimate of drug-likeness (QED) is 0.463. The number of likely N-dealkylation sites (tertiary alicyclic amines) is 2. The first-order valence-corrected chi connectivity index (χ1v) is 12.4. The lowest BCUT2D eigenvalue weighted by atomic mass is 9.86. The molecule has 33 heavy (non-hydrogen) atoms. The summed E-state index contributed by atoms with van der Waals surface area (Å²) in [6.07, 6.45) is 2.42. The van der Waals surface area contributed by atoms with Crippen LogP contribution in [0.25, 0.3) is 0 Å². The fourth-order valence-electron chi connectivity index (χ4n) is 5.58. The number of hydrogen-bond acceptors (Lipinski definition) is 2. The van der Waals surface area contributed by atoms with Crippen LogP contribution in [-0.2, 0) is 0 Å². The molecule has 2 aliphatic rings. The minimum Gasteiger partial charge on any atom is -0.338 e. The standard InChI is InChI=1S/C29H31ClN2O/c30-27-13-11-25(12-14-27)29(33)32-20-26(28(21-32)24-9-5-2-6-10-24)19-31-17-15-23(16-18-31)22-7-3-1-4-8-22/h1-14,23,26,28H,15-21H2/t26?,28-/m1/s1. The van der Waals surface area contributed by atoms with E-state index in [9.17, 15) is 4.79 Å². The molecule has 2 saturated heterocycles. The van der Waals surface area contributed by atoms with Crippen molar-refractivity contribution in [2.75, 3.05) is 32.7 Å². The number of piperidine rings is 1. The largest absolute Gasteiger partial charge is 0.338 e. The van der Waals surface area contributed by atoms with Crippen molar-refractivity contribution in [3.05, 3.63) is 107 Å². The molecule has 4 heteroatoms. The highest BCUT2D eigenvalue weighted by atomic mass is 35.5. The minimum atomic E-state index is 0.109. The predicted molar refractivity (Wildman–Crippen MR) is 135 cm³/mol. The van der Waals surface area contributed by atoms with Crippen LogP contribution in [0, 0.1) is 5.92 Å². The third kappa shape index (κ3) is 5.15. The third-order valence-corrected chi connectivity index (χ3v) is 7.65. The van der Waals surface area contributed by atoms with Crippen molar-refractivity contribution in [3.8, 4) is 0 Å². The van der Waals surface area contributed by atoms with E-state index >= 15 is 0 Å². The Hall–Kier alpha value is -2.62. The van der Waals surface area contributed by atoms with Gasteiger partial charge in [0.25, 0.3) is 5.91 Å². The summed E-state index contributed by atoms with van der Waals surface area (Å²) in [5.74, 6) is 1.59. The molecule has 0 aliphatic carbocycles. The molecule has 0 N–H and O–H groups in total. The van der Waals surface area contributed by atoms with Crippen molar-refractivity contribution in [3.63, 3.8) is 0 Å². The van der Waals surface area contributed by atoms with Crippen LogP contribution in [0.2, 0.25) is 5.02 Å². The van der Waals surface area contributed by atoms with Crippen LogP contribution in [0.4, 0.5) is 0 Å². The van der Waals surface area contributed by atoms with Crippen LogP contribution < -0.4 is 0 Å². The number of hydrogen-bond donors (Lipinski definition) is 0. The first kappa shape index (κ1) is 22.2. The van der Waals surface area contributed by atoms with Crippen LogP contribution in [0.5, 0.6) is 0 Å². The van der Waals surface area contributed by atoms with Gasteiger partial charge in [-0.15, -0.1) is 0 Å². The maximum Gasteiger partial charge on any atom is 0.253 e. The summed E-state index contributed by atoms with van der Waals surface area (Å²) in [7, 11) is 0. The van der Waals surface area contributed by atoms with Gasteiger partial charge in [-0.1, -0.05) is 72.3 Å². The fourth-order valence-corrected chi connectivity index (χ4v) is 5.71. The third-order valence-electron chi connectivity index (χ3n) is 7.40. The second-order valence-corrected chi connectivity index (χ2v) is 9.92. The Morgan fingerprint density at radius 3 is 2.03 bits per heavy atom. The molecule has 170 valence electrons. The van der Waals surface area contributed by atoms with Crippen LogP contribution >= 0.6 is 11.6 Å². The molecule has 0 bridgehead atoms. The van der Waals surface area contributed by atoms with E-state index in [0.29, 0.717) is 22.8 Å². The molecule has 0 radical (unpaired) electrons. The lowest BCUT2D eigenvalue weighted by molar-refractivity contribution is 0.0781. The minimum absolute atomic E-state index is 0.109. The number of carbonyl (C=O) groups is 1. The Kier molecular flexibility index (Phi) is 6.80. The van der Waals surface area contributed by atoms with Gasteiger partial charge in [0, 0.05) is 36.1 Å². The molecule has 2 aliphatic heterocycles. The van der Waals surface area contributed by atoms with E-state index in [1.807, 2.05) is 17.0 Å². The van der Waals surface area contributed by atoms with Gasteiger partial charge in [-0.2, -0.15) is 0 Å². The van der Waals surface area contributed by atoms with Crippen LogP contribution in [0.3, 0.4) is 0 Å². The van der Waals surface area contributed by atoms with Gasteiger partial charge in [-0.3, -0.25) is 4.79 Å². The molecule has 5 rings (SSSR count). The summed E-state index contributed by atoms with van der Waals surface area (Å²) in [5.41, 5.74) is 3.53.